The van der Waals surface area contributed by atoms with Crippen molar-refractivity contribution in [2.45, 2.75) is 31.4 Å². The van der Waals surface area contributed by atoms with E-state index in [-0.39, 0.29) is 5.78 Å². The maximum absolute atomic E-state index is 3.99. The summed E-state index contributed by atoms with van der Waals surface area (Å²) in [7, 11) is 2.74. The van der Waals surface area contributed by atoms with E-state index < -0.39 is 0 Å². The van der Waals surface area contributed by atoms with Gasteiger partial charge in [-0.3, -0.25) is 0 Å². The fourth-order valence-electron chi connectivity index (χ4n) is 1.25. The predicted molar refractivity (Wildman–Crippen MR) is 104 cm³/mol. The van der Waals surface area contributed by atoms with Gasteiger partial charge < -0.3 is 5.32 Å². The smallest absolute Gasteiger partial charge is 0.0460 e. The van der Waals surface area contributed by atoms with Crippen LogP contribution in [0, 0.1) is 0 Å². The lowest BCUT2D eigenvalue weighted by Gasteiger charge is -2.13. The van der Waals surface area contributed by atoms with Crippen LogP contribution in [0.3, 0.4) is 0 Å². The molecule has 0 amide bonds. The Kier molecular flexibility index (Phi) is 12.4. The molecule has 0 saturated carbocycles. The minimum atomic E-state index is 0.191. The maximum Gasteiger partial charge on any atom is 0.0460 e. The van der Waals surface area contributed by atoms with Gasteiger partial charge in [0.25, 0.3) is 0 Å². The molecule has 0 aliphatic heterocycles. The summed E-state index contributed by atoms with van der Waals surface area (Å²) >= 11 is 1.88. The average molecular weight is 321 g/mol. The Hall–Kier alpha value is -0.820. The number of benzene rings is 1. The fraction of sp³-hybridized carbons (Fsp3) is 0.333. The molecule has 0 aromatic heterocycles. The highest BCUT2D eigenvalue weighted by Crippen LogP contribution is 2.10. The van der Waals surface area contributed by atoms with E-state index in [9.17, 15) is 0 Å². The Morgan fingerprint density at radius 3 is 2.38 bits per heavy atom. The molecule has 1 nitrogen and oxygen atoms in total. The maximum atomic E-state index is 3.99. The second-order valence-corrected chi connectivity index (χ2v) is 6.88. The van der Waals surface area contributed by atoms with Crippen molar-refractivity contribution in [2.75, 3.05) is 6.26 Å². The van der Waals surface area contributed by atoms with Crippen LogP contribution < -0.4 is 5.32 Å². The predicted octanol–water partition coefficient (Wildman–Crippen LogP) is 5.03. The van der Waals surface area contributed by atoms with Crippen molar-refractivity contribution >= 4 is 21.0 Å². The van der Waals surface area contributed by atoms with Crippen LogP contribution in [0.25, 0.3) is 0 Å². The summed E-state index contributed by atoms with van der Waals surface area (Å²) in [5.74, 6) is 0.191. The molecule has 0 heterocycles. The zero-order chi connectivity index (χ0) is 16.1. The lowest BCUT2D eigenvalue weighted by atomic mass is 10.2. The van der Waals surface area contributed by atoms with Crippen LogP contribution in [-0.4, -0.2) is 17.3 Å². The van der Waals surface area contributed by atoms with Crippen LogP contribution in [0.4, 0.5) is 0 Å². The number of nitrogens with one attached hydrogen (secondary N) is 1. The van der Waals surface area contributed by atoms with Gasteiger partial charge in [-0.1, -0.05) is 75.6 Å². The van der Waals surface area contributed by atoms with Crippen molar-refractivity contribution in [3.05, 3.63) is 72.9 Å². The Balaban J connectivity index is 0.000000690. The Labute approximate surface area is 137 Å². The third-order valence-electron chi connectivity index (χ3n) is 2.69. The summed E-state index contributed by atoms with van der Waals surface area (Å²) in [6.45, 7) is 12.8. The van der Waals surface area contributed by atoms with Gasteiger partial charge in [0.05, 0.1) is 0 Å². The van der Waals surface area contributed by atoms with E-state index in [4.69, 9.17) is 0 Å². The van der Waals surface area contributed by atoms with Gasteiger partial charge in [0.15, 0.2) is 0 Å². The monoisotopic (exact) mass is 321 g/mol. The number of allylic oxidation sites excluding steroid dienone is 2. The number of hydrogen-bond acceptors (Lipinski definition) is 2. The van der Waals surface area contributed by atoms with E-state index >= 15 is 0 Å². The van der Waals surface area contributed by atoms with Crippen molar-refractivity contribution in [1.29, 1.82) is 0 Å². The molecule has 2 atom stereocenters. The van der Waals surface area contributed by atoms with E-state index in [2.05, 4.69) is 60.0 Å². The van der Waals surface area contributed by atoms with Crippen LogP contribution in [0.5, 0.6) is 0 Å². The van der Waals surface area contributed by atoms with E-state index in [0.29, 0.717) is 0 Å². The molecule has 0 spiro atoms. The molecule has 1 N–H and O–H groups in total. The Morgan fingerprint density at radius 2 is 1.90 bits per heavy atom. The zero-order valence-electron chi connectivity index (χ0n) is 13.4. The molecule has 1 aromatic carbocycles. The molecule has 0 radical (unpaired) electrons. The summed E-state index contributed by atoms with van der Waals surface area (Å²) in [5.41, 5.74) is 2.30. The highest BCUT2D eigenvalue weighted by Gasteiger charge is 2.02. The van der Waals surface area contributed by atoms with Crippen molar-refractivity contribution in [2.24, 2.45) is 0 Å². The zero-order valence-corrected chi connectivity index (χ0v) is 15.4. The fourth-order valence-corrected chi connectivity index (χ4v) is 1.48. The molecule has 1 aromatic rings. The van der Waals surface area contributed by atoms with Crippen LogP contribution in [0.15, 0.2) is 67.3 Å². The third-order valence-corrected chi connectivity index (χ3v) is 4.29. The molecule has 0 bridgehead atoms. The van der Waals surface area contributed by atoms with Gasteiger partial charge >= 0.3 is 0 Å². The molecule has 1 rings (SSSR count). The van der Waals surface area contributed by atoms with E-state index in [1.165, 1.54) is 5.56 Å². The first kappa shape index (κ1) is 20.2. The van der Waals surface area contributed by atoms with Gasteiger partial charge in [-0.25, -0.2) is 0 Å². The highest BCUT2D eigenvalue weighted by molar-refractivity contribution is 7.99. The van der Waals surface area contributed by atoms with Gasteiger partial charge in [0.2, 0.25) is 0 Å². The molecule has 2 unspecified atom stereocenters. The van der Waals surface area contributed by atoms with Gasteiger partial charge in [-0.2, -0.15) is 11.8 Å². The largest absolute Gasteiger partial charge is 0.303 e. The molecule has 0 aliphatic rings. The molecular weight excluding hydrogens is 293 g/mol. The quantitative estimate of drug-likeness (QED) is 0.558. The second-order valence-electron chi connectivity index (χ2n) is 4.80. The number of thioether (sulfide) groups is 1. The third kappa shape index (κ3) is 11.5. The van der Waals surface area contributed by atoms with Crippen LogP contribution >= 0.6 is 21.0 Å². The van der Waals surface area contributed by atoms with E-state index in [0.717, 1.165) is 17.4 Å². The van der Waals surface area contributed by atoms with Crippen molar-refractivity contribution in [3.63, 3.8) is 0 Å². The van der Waals surface area contributed by atoms with Gasteiger partial charge in [-0.05, 0) is 22.6 Å². The second kappa shape index (κ2) is 12.9. The summed E-state index contributed by atoms with van der Waals surface area (Å²) in [6.07, 6.45) is 7.72. The van der Waals surface area contributed by atoms with Gasteiger partial charge in [-0.15, -0.1) is 9.24 Å². The van der Waals surface area contributed by atoms with Crippen molar-refractivity contribution in [1.82, 2.24) is 5.32 Å². The highest BCUT2D eigenvalue weighted by atomic mass is 32.2. The van der Waals surface area contributed by atoms with Crippen LogP contribution in [0.2, 0.25) is 0 Å². The summed E-state index contributed by atoms with van der Waals surface area (Å²) in [4.78, 5) is 0. The van der Waals surface area contributed by atoms with Crippen LogP contribution in [0.1, 0.15) is 19.4 Å². The van der Waals surface area contributed by atoms with Crippen molar-refractivity contribution < 1.29 is 0 Å². The normalized spacial score (nSPS) is 11.9. The molecule has 0 saturated heterocycles. The number of hydrogen-bond donors (Lipinski definition) is 1. The molecular formula is C18H28NPS. The minimum Gasteiger partial charge on any atom is -0.303 e. The van der Waals surface area contributed by atoms with Gasteiger partial charge in [0, 0.05) is 12.3 Å². The summed E-state index contributed by atoms with van der Waals surface area (Å²) < 4.78 is 0. The molecule has 116 valence electrons. The molecule has 3 heteroatoms. The van der Waals surface area contributed by atoms with E-state index in [1.54, 1.807) is 6.08 Å². The summed E-state index contributed by atoms with van der Waals surface area (Å²) in [6, 6.07) is 10.3. The van der Waals surface area contributed by atoms with Crippen LogP contribution in [-0.2, 0) is 6.54 Å². The lowest BCUT2D eigenvalue weighted by Crippen LogP contribution is -2.23. The molecule has 21 heavy (non-hydrogen) atoms. The summed E-state index contributed by atoms with van der Waals surface area (Å²) in [5, 5.41) is 4.19. The first-order chi connectivity index (χ1) is 10.0. The average Bonchev–Trinajstić information content (AvgIpc) is 2.51. The van der Waals surface area contributed by atoms with Crippen molar-refractivity contribution in [3.8, 4) is 0 Å². The first-order valence-corrected chi connectivity index (χ1v) is 9.00. The van der Waals surface area contributed by atoms with Gasteiger partial charge in [0.1, 0.15) is 0 Å². The Bertz CT molecular complexity index is 426. The molecule has 0 fully saturated rings. The van der Waals surface area contributed by atoms with E-state index in [1.807, 2.05) is 42.1 Å². The SMILES string of the molecule is C=C/C=C\C(=C)C(P)NCc1ccccc1.CSC(C)C. The first-order valence-electron chi connectivity index (χ1n) is 7.04. The Morgan fingerprint density at radius 1 is 1.33 bits per heavy atom. The minimum absolute atomic E-state index is 0.191. The number of rotatable bonds is 7. The standard InChI is InChI=1S/C14H18NP.C4H10S/c1-3-4-8-12(2)14(16)15-11-13-9-6-5-7-10-13;1-4(2)5-3/h3-10,14-15H,1-2,11,16H2;4H,1-3H3/b8-4-;. The topological polar surface area (TPSA) is 12.0 Å². The molecule has 0 aliphatic carbocycles. The lowest BCUT2D eigenvalue weighted by molar-refractivity contribution is 0.712.